The molecule has 1 heterocycles. The van der Waals surface area contributed by atoms with Gasteiger partial charge in [0.1, 0.15) is 6.10 Å². The van der Waals surface area contributed by atoms with Crippen LogP contribution in [0.5, 0.6) is 0 Å². The SMILES string of the molecule is CCOC(=O)/C(=C\[C@H]1COC(C)(C)O1)CCCCOS(C)(=O)=O. The Morgan fingerprint density at radius 2 is 2.04 bits per heavy atom. The number of hydrogen-bond acceptors (Lipinski definition) is 7. The molecule has 1 fully saturated rings. The van der Waals surface area contributed by atoms with Crippen molar-refractivity contribution in [2.45, 2.75) is 51.9 Å². The molecule has 134 valence electrons. The molecule has 7 nitrogen and oxygen atoms in total. The maximum absolute atomic E-state index is 12.0. The fourth-order valence-electron chi connectivity index (χ4n) is 2.13. The average molecular weight is 350 g/mol. The molecule has 0 radical (unpaired) electrons. The topological polar surface area (TPSA) is 88.1 Å². The third-order valence-electron chi connectivity index (χ3n) is 3.09. The number of ether oxygens (including phenoxy) is 3. The molecule has 1 aliphatic rings. The van der Waals surface area contributed by atoms with Gasteiger partial charge in [-0.1, -0.05) is 0 Å². The number of rotatable bonds is 9. The van der Waals surface area contributed by atoms with Crippen LogP contribution < -0.4 is 0 Å². The summed E-state index contributed by atoms with van der Waals surface area (Å²) in [6, 6.07) is 0. The van der Waals surface area contributed by atoms with E-state index in [0.717, 1.165) is 6.26 Å². The van der Waals surface area contributed by atoms with Crippen LogP contribution in [0.1, 0.15) is 40.0 Å². The van der Waals surface area contributed by atoms with Crippen LogP contribution in [0.4, 0.5) is 0 Å². The maximum atomic E-state index is 12.0. The smallest absolute Gasteiger partial charge is 0.333 e. The third kappa shape index (κ3) is 8.45. The molecule has 1 atom stereocenters. The highest BCUT2D eigenvalue weighted by atomic mass is 32.2. The second kappa shape index (κ2) is 8.77. The highest BCUT2D eigenvalue weighted by molar-refractivity contribution is 7.85. The Hall–Kier alpha value is -0.960. The van der Waals surface area contributed by atoms with Gasteiger partial charge in [0.15, 0.2) is 5.79 Å². The summed E-state index contributed by atoms with van der Waals surface area (Å²) < 4.78 is 42.6. The summed E-state index contributed by atoms with van der Waals surface area (Å²) in [6.45, 7) is 6.15. The lowest BCUT2D eigenvalue weighted by atomic mass is 10.1. The van der Waals surface area contributed by atoms with Gasteiger partial charge in [-0.2, -0.15) is 8.42 Å². The second-order valence-corrected chi connectivity index (χ2v) is 7.41. The molecule has 0 unspecified atom stereocenters. The number of unbranched alkanes of at least 4 members (excludes halogenated alkanes) is 1. The Morgan fingerprint density at radius 1 is 1.35 bits per heavy atom. The van der Waals surface area contributed by atoms with E-state index in [1.54, 1.807) is 13.0 Å². The van der Waals surface area contributed by atoms with Crippen LogP contribution in [0.3, 0.4) is 0 Å². The molecular formula is C15H26O7S. The van der Waals surface area contributed by atoms with Crippen molar-refractivity contribution in [2.75, 3.05) is 26.1 Å². The normalized spacial score (nSPS) is 21.4. The first kappa shape index (κ1) is 20.1. The molecule has 1 rings (SSSR count). The number of carbonyl (C=O) groups excluding carboxylic acids is 1. The molecule has 0 N–H and O–H groups in total. The minimum atomic E-state index is -3.42. The van der Waals surface area contributed by atoms with E-state index in [-0.39, 0.29) is 18.7 Å². The van der Waals surface area contributed by atoms with E-state index in [9.17, 15) is 13.2 Å². The monoisotopic (exact) mass is 350 g/mol. The molecule has 0 bridgehead atoms. The molecule has 0 spiro atoms. The van der Waals surface area contributed by atoms with E-state index in [2.05, 4.69) is 4.18 Å². The molecule has 0 aromatic carbocycles. The van der Waals surface area contributed by atoms with Crippen LogP contribution in [0.15, 0.2) is 11.6 Å². The lowest BCUT2D eigenvalue weighted by Gasteiger charge is -2.16. The molecule has 23 heavy (non-hydrogen) atoms. The van der Waals surface area contributed by atoms with Crippen molar-refractivity contribution in [3.05, 3.63) is 11.6 Å². The van der Waals surface area contributed by atoms with Crippen molar-refractivity contribution in [3.8, 4) is 0 Å². The van der Waals surface area contributed by atoms with Gasteiger partial charge in [0.05, 0.1) is 26.1 Å². The Labute approximate surface area is 138 Å². The second-order valence-electron chi connectivity index (χ2n) is 5.76. The fourth-order valence-corrected chi connectivity index (χ4v) is 2.55. The van der Waals surface area contributed by atoms with Crippen LogP contribution in [-0.2, 0) is 33.3 Å². The summed E-state index contributed by atoms with van der Waals surface area (Å²) in [5.74, 6) is -1.05. The van der Waals surface area contributed by atoms with E-state index < -0.39 is 15.9 Å². The summed E-state index contributed by atoms with van der Waals surface area (Å²) in [5, 5.41) is 0. The van der Waals surface area contributed by atoms with Crippen molar-refractivity contribution in [1.29, 1.82) is 0 Å². The largest absolute Gasteiger partial charge is 0.463 e. The Bertz CT molecular complexity index is 522. The van der Waals surface area contributed by atoms with E-state index in [1.807, 2.05) is 13.8 Å². The summed E-state index contributed by atoms with van der Waals surface area (Å²) >= 11 is 0. The Balaban J connectivity index is 2.54. The van der Waals surface area contributed by atoms with Crippen LogP contribution in [-0.4, -0.2) is 52.4 Å². The average Bonchev–Trinajstić information content (AvgIpc) is 2.75. The van der Waals surface area contributed by atoms with Gasteiger partial charge in [-0.25, -0.2) is 4.79 Å². The predicted octanol–water partition coefficient (Wildman–Crippen LogP) is 1.77. The van der Waals surface area contributed by atoms with Crippen molar-refractivity contribution in [2.24, 2.45) is 0 Å². The maximum Gasteiger partial charge on any atom is 0.333 e. The lowest BCUT2D eigenvalue weighted by Crippen LogP contribution is -2.21. The number of carbonyl (C=O) groups is 1. The highest BCUT2D eigenvalue weighted by Gasteiger charge is 2.32. The molecule has 0 aromatic rings. The van der Waals surface area contributed by atoms with E-state index in [0.29, 0.717) is 38.0 Å². The van der Waals surface area contributed by atoms with Gasteiger partial charge < -0.3 is 14.2 Å². The standard InChI is InChI=1S/C15H26O7S/c1-5-19-14(16)12(8-6-7-9-21-23(4,17)18)10-13-11-20-15(2,3)22-13/h10,13H,5-9,11H2,1-4H3/b12-10-/t13-/m0/s1. The van der Waals surface area contributed by atoms with Gasteiger partial charge in [0.25, 0.3) is 10.1 Å². The molecule has 0 aromatic heterocycles. The van der Waals surface area contributed by atoms with Gasteiger partial charge in [0.2, 0.25) is 0 Å². The Kier molecular flexibility index (Phi) is 7.66. The molecule has 0 aliphatic carbocycles. The van der Waals surface area contributed by atoms with Gasteiger partial charge >= 0.3 is 5.97 Å². The van der Waals surface area contributed by atoms with Crippen LogP contribution in [0.25, 0.3) is 0 Å². The van der Waals surface area contributed by atoms with Gasteiger partial charge in [-0.15, -0.1) is 0 Å². The first-order valence-corrected chi connectivity index (χ1v) is 9.48. The predicted molar refractivity (Wildman–Crippen MR) is 84.3 cm³/mol. The van der Waals surface area contributed by atoms with Crippen LogP contribution in [0, 0.1) is 0 Å². The summed E-state index contributed by atoms with van der Waals surface area (Å²) in [5.41, 5.74) is 0.512. The molecular weight excluding hydrogens is 324 g/mol. The van der Waals surface area contributed by atoms with Crippen molar-refractivity contribution in [1.82, 2.24) is 0 Å². The minimum Gasteiger partial charge on any atom is -0.463 e. The lowest BCUT2D eigenvalue weighted by molar-refractivity contribution is -0.139. The zero-order chi connectivity index (χ0) is 17.5. The molecule has 8 heteroatoms. The molecule has 0 saturated carbocycles. The molecule has 1 saturated heterocycles. The van der Waals surface area contributed by atoms with Crippen molar-refractivity contribution in [3.63, 3.8) is 0 Å². The fraction of sp³-hybridized carbons (Fsp3) is 0.800. The first-order chi connectivity index (χ1) is 10.6. The van der Waals surface area contributed by atoms with Gasteiger partial charge in [-0.05, 0) is 46.1 Å². The van der Waals surface area contributed by atoms with Gasteiger partial charge in [0, 0.05) is 5.57 Å². The van der Waals surface area contributed by atoms with Crippen LogP contribution >= 0.6 is 0 Å². The van der Waals surface area contributed by atoms with Crippen molar-refractivity contribution >= 4 is 16.1 Å². The first-order valence-electron chi connectivity index (χ1n) is 7.67. The number of hydrogen-bond donors (Lipinski definition) is 0. The van der Waals surface area contributed by atoms with Crippen LogP contribution in [0.2, 0.25) is 0 Å². The third-order valence-corrected chi connectivity index (χ3v) is 3.69. The summed E-state index contributed by atoms with van der Waals surface area (Å²) in [4.78, 5) is 12.0. The number of esters is 1. The summed E-state index contributed by atoms with van der Waals surface area (Å²) in [6.07, 6.45) is 4.04. The quantitative estimate of drug-likeness (QED) is 0.271. The van der Waals surface area contributed by atoms with E-state index in [4.69, 9.17) is 14.2 Å². The molecule has 0 amide bonds. The van der Waals surface area contributed by atoms with E-state index >= 15 is 0 Å². The van der Waals surface area contributed by atoms with Gasteiger partial charge in [-0.3, -0.25) is 4.18 Å². The molecule has 1 aliphatic heterocycles. The minimum absolute atomic E-state index is 0.102. The zero-order valence-corrected chi connectivity index (χ0v) is 15.0. The summed E-state index contributed by atoms with van der Waals surface area (Å²) in [7, 11) is -3.42. The highest BCUT2D eigenvalue weighted by Crippen LogP contribution is 2.24. The zero-order valence-electron chi connectivity index (χ0n) is 14.2. The van der Waals surface area contributed by atoms with Crippen molar-refractivity contribution < 1.29 is 31.6 Å². The Morgan fingerprint density at radius 3 is 2.57 bits per heavy atom. The van der Waals surface area contributed by atoms with E-state index in [1.165, 1.54) is 0 Å².